The lowest BCUT2D eigenvalue weighted by molar-refractivity contribution is -0.119. The maximum Gasteiger partial charge on any atom is 0.253 e. The summed E-state index contributed by atoms with van der Waals surface area (Å²) in [7, 11) is 1.78. The summed E-state index contributed by atoms with van der Waals surface area (Å²) in [4.78, 5) is 29.8. The molecule has 0 fully saturated rings. The number of fused-ring (bicyclic) bond motifs is 1. The summed E-state index contributed by atoms with van der Waals surface area (Å²) in [6, 6.07) is 15.2. The molecular formula is C19H19N3O2S. The van der Waals surface area contributed by atoms with Gasteiger partial charge in [-0.15, -0.1) is 11.3 Å². The lowest BCUT2D eigenvalue weighted by atomic mass is 10.1. The number of thiazole rings is 1. The van der Waals surface area contributed by atoms with E-state index in [4.69, 9.17) is 0 Å². The monoisotopic (exact) mass is 353 g/mol. The molecule has 3 rings (SSSR count). The fourth-order valence-corrected chi connectivity index (χ4v) is 3.50. The van der Waals surface area contributed by atoms with Crippen LogP contribution in [0.3, 0.4) is 0 Å². The quantitative estimate of drug-likeness (QED) is 0.766. The van der Waals surface area contributed by atoms with Crippen LogP contribution in [-0.4, -0.2) is 28.7 Å². The van der Waals surface area contributed by atoms with E-state index in [1.807, 2.05) is 36.4 Å². The van der Waals surface area contributed by atoms with Gasteiger partial charge in [-0.1, -0.05) is 24.3 Å². The van der Waals surface area contributed by atoms with E-state index in [1.54, 1.807) is 35.4 Å². The molecule has 1 heterocycles. The molecule has 2 amide bonds. The van der Waals surface area contributed by atoms with Crippen LogP contribution in [0.2, 0.25) is 0 Å². The summed E-state index contributed by atoms with van der Waals surface area (Å²) in [6.45, 7) is 2.42. The molecule has 0 radical (unpaired) electrons. The van der Waals surface area contributed by atoms with E-state index in [-0.39, 0.29) is 11.8 Å². The standard InChI is InChI=1S/C19H19N3O2S/c1-13(23)20-11-14-7-9-15(10-8-14)19(24)22(2)12-18-21-16-5-3-4-6-17(16)25-18/h3-10H,11-12H2,1-2H3,(H,20,23). The van der Waals surface area contributed by atoms with E-state index in [2.05, 4.69) is 10.3 Å². The molecule has 0 spiro atoms. The Balaban J connectivity index is 1.66. The Hall–Kier alpha value is -2.73. The molecule has 0 aliphatic heterocycles. The van der Waals surface area contributed by atoms with E-state index in [9.17, 15) is 9.59 Å². The lowest BCUT2D eigenvalue weighted by Gasteiger charge is -2.16. The van der Waals surface area contributed by atoms with Gasteiger partial charge in [0.2, 0.25) is 5.91 Å². The number of carbonyl (C=O) groups is 2. The van der Waals surface area contributed by atoms with E-state index in [1.165, 1.54) is 6.92 Å². The zero-order valence-corrected chi connectivity index (χ0v) is 15.0. The van der Waals surface area contributed by atoms with Gasteiger partial charge in [0.25, 0.3) is 5.91 Å². The fourth-order valence-electron chi connectivity index (χ4n) is 2.47. The third-order valence-corrected chi connectivity index (χ3v) is 4.82. The summed E-state index contributed by atoms with van der Waals surface area (Å²) in [5, 5.41) is 3.65. The SMILES string of the molecule is CC(=O)NCc1ccc(C(=O)N(C)Cc2nc3ccccc3s2)cc1. The van der Waals surface area contributed by atoms with Crippen molar-refractivity contribution in [2.75, 3.05) is 7.05 Å². The molecule has 0 aliphatic rings. The van der Waals surface area contributed by atoms with Crippen LogP contribution in [0.4, 0.5) is 0 Å². The normalized spacial score (nSPS) is 10.6. The smallest absolute Gasteiger partial charge is 0.253 e. The Morgan fingerprint density at radius 3 is 2.52 bits per heavy atom. The third-order valence-electron chi connectivity index (χ3n) is 3.80. The molecule has 0 unspecified atom stereocenters. The van der Waals surface area contributed by atoms with Crippen molar-refractivity contribution >= 4 is 33.4 Å². The minimum absolute atomic E-state index is 0.0506. The van der Waals surface area contributed by atoms with Gasteiger partial charge in [0, 0.05) is 26.1 Å². The molecule has 0 saturated heterocycles. The third kappa shape index (κ3) is 4.22. The first-order valence-corrected chi connectivity index (χ1v) is 8.78. The Morgan fingerprint density at radius 1 is 1.12 bits per heavy atom. The molecule has 5 nitrogen and oxygen atoms in total. The summed E-state index contributed by atoms with van der Waals surface area (Å²) in [6.07, 6.45) is 0. The number of para-hydroxylation sites is 1. The minimum atomic E-state index is -0.0734. The molecule has 6 heteroatoms. The van der Waals surface area contributed by atoms with Crippen molar-refractivity contribution in [2.45, 2.75) is 20.0 Å². The predicted molar refractivity (Wildman–Crippen MR) is 99.4 cm³/mol. The maximum atomic E-state index is 12.6. The number of hydrogen-bond acceptors (Lipinski definition) is 4. The summed E-state index contributed by atoms with van der Waals surface area (Å²) in [5.41, 5.74) is 2.54. The van der Waals surface area contributed by atoms with Gasteiger partial charge in [0.15, 0.2) is 0 Å². The summed E-state index contributed by atoms with van der Waals surface area (Å²) in [5.74, 6) is -0.124. The Bertz CT molecular complexity index is 869. The van der Waals surface area contributed by atoms with E-state index in [0.717, 1.165) is 20.8 Å². The van der Waals surface area contributed by atoms with Crippen LogP contribution in [0.25, 0.3) is 10.2 Å². The Kier molecular flexibility index (Phi) is 5.09. The highest BCUT2D eigenvalue weighted by Crippen LogP contribution is 2.22. The second kappa shape index (κ2) is 7.44. The number of hydrogen-bond donors (Lipinski definition) is 1. The number of rotatable bonds is 5. The van der Waals surface area contributed by atoms with Crippen LogP contribution in [0.5, 0.6) is 0 Å². The predicted octanol–water partition coefficient (Wildman–Crippen LogP) is 3.20. The van der Waals surface area contributed by atoms with Crippen molar-refractivity contribution in [3.8, 4) is 0 Å². The van der Waals surface area contributed by atoms with Gasteiger partial charge in [0.1, 0.15) is 5.01 Å². The number of amides is 2. The van der Waals surface area contributed by atoms with Crippen molar-refractivity contribution in [1.29, 1.82) is 0 Å². The van der Waals surface area contributed by atoms with Gasteiger partial charge in [0.05, 0.1) is 16.8 Å². The first kappa shape index (κ1) is 17.1. The van der Waals surface area contributed by atoms with Crippen molar-refractivity contribution < 1.29 is 9.59 Å². The number of nitrogens with zero attached hydrogens (tertiary/aromatic N) is 2. The van der Waals surface area contributed by atoms with E-state index >= 15 is 0 Å². The molecular weight excluding hydrogens is 334 g/mol. The topological polar surface area (TPSA) is 62.3 Å². The number of carbonyl (C=O) groups excluding carboxylic acids is 2. The lowest BCUT2D eigenvalue weighted by Crippen LogP contribution is -2.26. The van der Waals surface area contributed by atoms with Crippen LogP contribution in [0, 0.1) is 0 Å². The molecule has 0 saturated carbocycles. The number of benzene rings is 2. The molecule has 1 aromatic heterocycles. The van der Waals surface area contributed by atoms with Crippen LogP contribution >= 0.6 is 11.3 Å². The zero-order valence-electron chi connectivity index (χ0n) is 14.2. The fraction of sp³-hybridized carbons (Fsp3) is 0.211. The van der Waals surface area contributed by atoms with Crippen LogP contribution < -0.4 is 5.32 Å². The van der Waals surface area contributed by atoms with Crippen molar-refractivity contribution in [3.63, 3.8) is 0 Å². The van der Waals surface area contributed by atoms with Gasteiger partial charge in [-0.25, -0.2) is 4.98 Å². The van der Waals surface area contributed by atoms with Crippen molar-refractivity contribution in [1.82, 2.24) is 15.2 Å². The Labute approximate surface area is 150 Å². The average molecular weight is 353 g/mol. The first-order chi connectivity index (χ1) is 12.0. The molecule has 0 bridgehead atoms. The Morgan fingerprint density at radius 2 is 1.84 bits per heavy atom. The summed E-state index contributed by atoms with van der Waals surface area (Å²) >= 11 is 1.60. The highest BCUT2D eigenvalue weighted by molar-refractivity contribution is 7.18. The van der Waals surface area contributed by atoms with Gasteiger partial charge in [-0.2, -0.15) is 0 Å². The van der Waals surface area contributed by atoms with Crippen LogP contribution in [-0.2, 0) is 17.9 Å². The number of nitrogens with one attached hydrogen (secondary N) is 1. The maximum absolute atomic E-state index is 12.6. The second-order valence-electron chi connectivity index (χ2n) is 5.84. The molecule has 128 valence electrons. The molecule has 25 heavy (non-hydrogen) atoms. The highest BCUT2D eigenvalue weighted by atomic mass is 32.1. The first-order valence-electron chi connectivity index (χ1n) is 7.96. The molecule has 0 aliphatic carbocycles. The average Bonchev–Trinajstić information content (AvgIpc) is 3.02. The van der Waals surface area contributed by atoms with Gasteiger partial charge in [-0.05, 0) is 29.8 Å². The van der Waals surface area contributed by atoms with Crippen LogP contribution in [0.1, 0.15) is 27.9 Å². The van der Waals surface area contributed by atoms with Gasteiger partial charge in [-0.3, -0.25) is 9.59 Å². The zero-order chi connectivity index (χ0) is 17.8. The van der Waals surface area contributed by atoms with Crippen molar-refractivity contribution in [3.05, 3.63) is 64.7 Å². The number of aromatic nitrogens is 1. The van der Waals surface area contributed by atoms with Gasteiger partial charge >= 0.3 is 0 Å². The summed E-state index contributed by atoms with van der Waals surface area (Å²) < 4.78 is 1.13. The van der Waals surface area contributed by atoms with Gasteiger partial charge < -0.3 is 10.2 Å². The van der Waals surface area contributed by atoms with E-state index in [0.29, 0.717) is 18.7 Å². The largest absolute Gasteiger partial charge is 0.352 e. The second-order valence-corrected chi connectivity index (χ2v) is 6.96. The van der Waals surface area contributed by atoms with Crippen LogP contribution in [0.15, 0.2) is 48.5 Å². The molecule has 2 aromatic carbocycles. The highest BCUT2D eigenvalue weighted by Gasteiger charge is 2.14. The minimum Gasteiger partial charge on any atom is -0.352 e. The molecule has 0 atom stereocenters. The van der Waals surface area contributed by atoms with E-state index < -0.39 is 0 Å². The molecule has 3 aromatic rings. The molecule has 1 N–H and O–H groups in total. The van der Waals surface area contributed by atoms with Crippen molar-refractivity contribution in [2.24, 2.45) is 0 Å².